The van der Waals surface area contributed by atoms with E-state index >= 15 is 0 Å². The van der Waals surface area contributed by atoms with Crippen LogP contribution in [0, 0.1) is 0 Å². The third-order valence-corrected chi connectivity index (χ3v) is 17.3. The van der Waals surface area contributed by atoms with Gasteiger partial charge in [0.25, 0.3) is 6.71 Å². The average Bonchev–Trinajstić information content (AvgIpc) is 4.20. The number of hydrogen-bond acceptors (Lipinski definition) is 5. The fourth-order valence-electron chi connectivity index (χ4n) is 13.6. The predicted octanol–water partition coefficient (Wildman–Crippen LogP) is 18.6. The van der Waals surface area contributed by atoms with Gasteiger partial charge in [0.2, 0.25) is 0 Å². The number of nitrogens with zero attached hydrogens (tertiary/aromatic N) is 5. The van der Waals surface area contributed by atoms with Gasteiger partial charge in [-0.25, -0.2) is 0 Å². The highest BCUT2D eigenvalue weighted by molar-refractivity contribution is 7.00. The van der Waals surface area contributed by atoms with E-state index in [9.17, 15) is 0 Å². The van der Waals surface area contributed by atoms with Crippen molar-refractivity contribution >= 4 is 135 Å². The van der Waals surface area contributed by atoms with Crippen LogP contribution in [0.1, 0.15) is 52.7 Å². The van der Waals surface area contributed by atoms with Crippen molar-refractivity contribution in [2.75, 3.05) is 19.6 Å². The molecular formula is C74H58BN5O. The molecule has 2 aromatic heterocycles. The summed E-state index contributed by atoms with van der Waals surface area (Å²) in [6, 6.07) is 90.1. The number of para-hydroxylation sites is 7. The Bertz CT molecular complexity index is 4580. The van der Waals surface area contributed by atoms with Crippen LogP contribution in [0.4, 0.5) is 68.2 Å². The van der Waals surface area contributed by atoms with Gasteiger partial charge in [-0.2, -0.15) is 0 Å². The zero-order valence-electron chi connectivity index (χ0n) is 46.3. The molecule has 6 nitrogen and oxygen atoms in total. The van der Waals surface area contributed by atoms with E-state index in [0.717, 1.165) is 84.5 Å². The number of anilines is 12. The summed E-state index contributed by atoms with van der Waals surface area (Å²) in [4.78, 5) is 10.00. The summed E-state index contributed by atoms with van der Waals surface area (Å²) < 4.78 is 9.66. The molecule has 13 aromatic rings. The van der Waals surface area contributed by atoms with E-state index in [2.05, 4.69) is 308 Å². The van der Waals surface area contributed by atoms with Crippen LogP contribution in [0.25, 0.3) is 49.4 Å². The summed E-state index contributed by atoms with van der Waals surface area (Å²) in [5.41, 5.74) is 24.7. The van der Waals surface area contributed by atoms with E-state index in [1.165, 1.54) is 60.7 Å². The largest absolute Gasteiger partial charge is 0.454 e. The smallest absolute Gasteiger partial charge is 0.252 e. The molecule has 0 spiro atoms. The molecule has 11 aromatic carbocycles. The molecule has 3 aliphatic heterocycles. The lowest BCUT2D eigenvalue weighted by Gasteiger charge is -2.46. The Labute approximate surface area is 473 Å². The van der Waals surface area contributed by atoms with Gasteiger partial charge in [0.15, 0.2) is 5.58 Å². The molecule has 0 fully saturated rings. The monoisotopic (exact) mass is 1040 g/mol. The maximum absolute atomic E-state index is 7.13. The summed E-state index contributed by atoms with van der Waals surface area (Å²) in [7, 11) is 0. The van der Waals surface area contributed by atoms with Crippen LogP contribution in [-0.2, 0) is 10.8 Å². The molecule has 0 aliphatic carbocycles. The second kappa shape index (κ2) is 17.4. The van der Waals surface area contributed by atoms with Crippen molar-refractivity contribution in [3.05, 3.63) is 254 Å². The lowest BCUT2D eigenvalue weighted by Crippen LogP contribution is -2.61. The lowest BCUT2D eigenvalue weighted by molar-refractivity contribution is 0.590. The number of hydrogen-bond donors (Lipinski definition) is 0. The zero-order valence-corrected chi connectivity index (χ0v) is 46.3. The first kappa shape index (κ1) is 47.3. The van der Waals surface area contributed by atoms with Crippen molar-refractivity contribution in [2.24, 2.45) is 0 Å². The molecule has 5 heterocycles. The van der Waals surface area contributed by atoms with Crippen LogP contribution in [0.5, 0.6) is 0 Å². The lowest BCUT2D eigenvalue weighted by atomic mass is 9.33. The molecule has 16 rings (SSSR count). The van der Waals surface area contributed by atoms with Crippen molar-refractivity contribution in [1.29, 1.82) is 0 Å². The van der Waals surface area contributed by atoms with Crippen LogP contribution in [-0.4, -0.2) is 11.3 Å². The molecule has 81 heavy (non-hydrogen) atoms. The predicted molar refractivity (Wildman–Crippen MR) is 342 cm³/mol. The van der Waals surface area contributed by atoms with Crippen LogP contribution in [0.2, 0.25) is 0 Å². The van der Waals surface area contributed by atoms with Gasteiger partial charge in [0.05, 0.1) is 39.5 Å². The molecule has 0 saturated heterocycles. The van der Waals surface area contributed by atoms with Gasteiger partial charge in [0, 0.05) is 67.0 Å². The van der Waals surface area contributed by atoms with E-state index in [4.69, 9.17) is 4.42 Å². The van der Waals surface area contributed by atoms with Crippen LogP contribution >= 0.6 is 0 Å². The Balaban J connectivity index is 1.04. The normalized spacial score (nSPS) is 13.2. The molecule has 388 valence electrons. The minimum Gasteiger partial charge on any atom is -0.454 e. The first-order chi connectivity index (χ1) is 39.5. The number of furan rings is 1. The third kappa shape index (κ3) is 7.07. The summed E-state index contributed by atoms with van der Waals surface area (Å²) in [6.07, 6.45) is 0. The maximum Gasteiger partial charge on any atom is 0.252 e. The Morgan fingerprint density at radius 3 is 1.53 bits per heavy atom. The highest BCUT2D eigenvalue weighted by atomic mass is 16.3. The second-order valence-corrected chi connectivity index (χ2v) is 24.2. The minimum atomic E-state index is -0.152. The molecule has 0 unspecified atom stereocenters. The van der Waals surface area contributed by atoms with E-state index < -0.39 is 0 Å². The highest BCUT2D eigenvalue weighted by Gasteiger charge is 2.47. The van der Waals surface area contributed by atoms with Gasteiger partial charge >= 0.3 is 0 Å². The van der Waals surface area contributed by atoms with E-state index in [1.54, 1.807) is 0 Å². The van der Waals surface area contributed by atoms with E-state index in [1.807, 2.05) is 0 Å². The van der Waals surface area contributed by atoms with Crippen molar-refractivity contribution in [1.82, 2.24) is 4.57 Å². The number of benzene rings is 11. The Kier molecular flexibility index (Phi) is 10.2. The number of aromatic nitrogens is 1. The average molecular weight is 1040 g/mol. The second-order valence-electron chi connectivity index (χ2n) is 24.2. The summed E-state index contributed by atoms with van der Waals surface area (Å²) in [5, 5.41) is 4.65. The fourth-order valence-corrected chi connectivity index (χ4v) is 13.6. The Hall–Kier alpha value is -9.72. The first-order valence-corrected chi connectivity index (χ1v) is 28.4. The van der Waals surface area contributed by atoms with Crippen molar-refractivity contribution < 1.29 is 4.42 Å². The number of rotatable bonds is 7. The summed E-state index contributed by atoms with van der Waals surface area (Å²) in [5.74, 6) is 0. The molecule has 0 N–H and O–H groups in total. The molecule has 7 heteroatoms. The van der Waals surface area contributed by atoms with Crippen molar-refractivity contribution in [2.45, 2.75) is 52.4 Å². The van der Waals surface area contributed by atoms with E-state index in [-0.39, 0.29) is 17.5 Å². The highest BCUT2D eigenvalue weighted by Crippen LogP contribution is 2.55. The minimum absolute atomic E-state index is 0.00184. The summed E-state index contributed by atoms with van der Waals surface area (Å²) >= 11 is 0. The summed E-state index contributed by atoms with van der Waals surface area (Å²) in [6.45, 7) is 13.6. The molecule has 0 atom stereocenters. The van der Waals surface area contributed by atoms with Gasteiger partial charge in [-0.15, -0.1) is 0 Å². The fraction of sp³-hybridized carbons (Fsp3) is 0.108. The first-order valence-electron chi connectivity index (χ1n) is 28.4. The molecule has 0 amide bonds. The van der Waals surface area contributed by atoms with Crippen LogP contribution < -0.4 is 36.0 Å². The van der Waals surface area contributed by atoms with Crippen LogP contribution in [0.15, 0.2) is 247 Å². The third-order valence-electron chi connectivity index (χ3n) is 17.3. The van der Waals surface area contributed by atoms with Gasteiger partial charge < -0.3 is 28.6 Å². The standard InChI is InChI=1S/C74H58BN5O/c1-73(2,3)47-34-38-51(39-35-47)76(52-40-36-48(37-41-52)74(4,5)6)53-42-43-59-65(44-53)78(64-32-18-27-58-56-25-14-16-33-68(56)81-72(58)64)66-45-54(77(49-20-9-7-10-21-49)50-22-11-8-12-23-50)46-67-69(66)75(59)60-28-19-31-63-71(60)80(67)62-30-17-26-57-55-24-13-15-29-61(55)79(63)70(57)62/h7-46H,1-6H3. The van der Waals surface area contributed by atoms with Gasteiger partial charge in [-0.3, -0.25) is 0 Å². The SMILES string of the molecule is CC(C)(C)c1ccc(N(c2ccc(C(C)(C)C)cc2)c2ccc3c(c2)N(c2cccc4c2oc2ccccc24)c2cc(N(c4ccccc4)c4ccccc4)cc4c2B3c2cccc3c2N4c2cccc4c5ccccc5n-3c24)cc1. The quantitative estimate of drug-likeness (QED) is 0.149. The molecule has 0 bridgehead atoms. The Morgan fingerprint density at radius 2 is 0.864 bits per heavy atom. The van der Waals surface area contributed by atoms with Gasteiger partial charge in [-0.05, 0) is 141 Å². The topological polar surface area (TPSA) is 31.0 Å². The zero-order chi connectivity index (χ0) is 54.5. The van der Waals surface area contributed by atoms with Crippen LogP contribution in [0.3, 0.4) is 0 Å². The molecule has 0 saturated carbocycles. The van der Waals surface area contributed by atoms with Gasteiger partial charge in [-0.1, -0.05) is 181 Å². The maximum atomic E-state index is 7.13. The van der Waals surface area contributed by atoms with Gasteiger partial charge in [0.1, 0.15) is 5.58 Å². The molecule has 0 radical (unpaired) electrons. The van der Waals surface area contributed by atoms with E-state index in [0.29, 0.717) is 0 Å². The molecule has 3 aliphatic rings. The van der Waals surface area contributed by atoms with Crippen molar-refractivity contribution in [3.8, 4) is 5.69 Å². The Morgan fingerprint density at radius 1 is 0.358 bits per heavy atom. The van der Waals surface area contributed by atoms with Crippen molar-refractivity contribution in [3.63, 3.8) is 0 Å². The number of fused-ring (bicyclic) bond motifs is 12. The molecular weight excluding hydrogens is 986 g/mol.